The van der Waals surface area contributed by atoms with E-state index in [-0.39, 0.29) is 21.7 Å². The molecule has 0 fully saturated rings. The van der Waals surface area contributed by atoms with Crippen molar-refractivity contribution in [1.82, 2.24) is 9.97 Å². The molecule has 90 valence electrons. The van der Waals surface area contributed by atoms with Crippen molar-refractivity contribution in [3.8, 4) is 11.3 Å². The summed E-state index contributed by atoms with van der Waals surface area (Å²) in [4.78, 5) is 8.40. The highest BCUT2D eigenvalue weighted by molar-refractivity contribution is 6.66. The van der Waals surface area contributed by atoms with Gasteiger partial charge < -0.3 is 0 Å². The van der Waals surface area contributed by atoms with Gasteiger partial charge >= 0.3 is 0 Å². The molecule has 7 heteroatoms. The molecule has 0 N–H and O–H groups in total. The SMILES string of the molecule is [B]c1c([B])c([B])c2c(-c3ccccc3)nc(Cl)nc2c1[B]. The van der Waals surface area contributed by atoms with E-state index < -0.39 is 0 Å². The molecular weight excluding hydrogens is 275 g/mol. The van der Waals surface area contributed by atoms with Crippen LogP contribution in [0.5, 0.6) is 0 Å². The highest BCUT2D eigenvalue weighted by Gasteiger charge is 2.15. The fourth-order valence-corrected chi connectivity index (χ4v) is 2.41. The van der Waals surface area contributed by atoms with E-state index >= 15 is 0 Å². The van der Waals surface area contributed by atoms with Crippen molar-refractivity contribution in [2.24, 2.45) is 0 Å². The van der Waals surface area contributed by atoms with Gasteiger partial charge in [-0.15, -0.1) is 10.9 Å². The van der Waals surface area contributed by atoms with Gasteiger partial charge in [0.2, 0.25) is 5.28 Å². The van der Waals surface area contributed by atoms with Crippen molar-refractivity contribution >= 4 is 75.7 Å². The molecule has 0 atom stereocenters. The lowest BCUT2D eigenvalue weighted by atomic mass is 9.65. The van der Waals surface area contributed by atoms with Gasteiger partial charge in [-0.05, 0) is 11.6 Å². The molecule has 0 bridgehead atoms. The molecular formula is C14H5B4ClN2. The third-order valence-electron chi connectivity index (χ3n) is 3.32. The zero-order chi connectivity index (χ0) is 15.1. The molecule has 3 aromatic rings. The number of rotatable bonds is 1. The molecule has 0 unspecified atom stereocenters. The van der Waals surface area contributed by atoms with E-state index in [9.17, 15) is 0 Å². The first kappa shape index (κ1) is 14.3. The summed E-state index contributed by atoms with van der Waals surface area (Å²) in [5.74, 6) is 0. The number of benzene rings is 2. The Morgan fingerprint density at radius 2 is 1.38 bits per heavy atom. The van der Waals surface area contributed by atoms with Crippen LogP contribution in [0.3, 0.4) is 0 Å². The predicted molar refractivity (Wildman–Crippen MR) is 91.5 cm³/mol. The van der Waals surface area contributed by atoms with Crippen LogP contribution in [0.15, 0.2) is 30.3 Å². The zero-order valence-corrected chi connectivity index (χ0v) is 11.7. The first-order valence-electron chi connectivity index (χ1n) is 6.15. The molecule has 0 saturated carbocycles. The van der Waals surface area contributed by atoms with Gasteiger partial charge in [0.05, 0.1) is 11.2 Å². The van der Waals surface area contributed by atoms with Crippen molar-refractivity contribution in [3.05, 3.63) is 35.6 Å². The minimum Gasteiger partial charge on any atom is -0.219 e. The predicted octanol–water partition coefficient (Wildman–Crippen LogP) is -0.875. The Kier molecular flexibility index (Phi) is 3.58. The van der Waals surface area contributed by atoms with E-state index in [0.29, 0.717) is 22.1 Å². The van der Waals surface area contributed by atoms with Gasteiger partial charge in [-0.25, -0.2) is 9.97 Å². The van der Waals surface area contributed by atoms with Gasteiger partial charge in [0.15, 0.2) is 0 Å². The minimum absolute atomic E-state index is 0.0663. The molecule has 8 radical (unpaired) electrons. The summed E-state index contributed by atoms with van der Waals surface area (Å²) in [6.07, 6.45) is 0. The normalized spacial score (nSPS) is 10.9. The van der Waals surface area contributed by atoms with Gasteiger partial charge in [0.1, 0.15) is 31.4 Å². The molecule has 1 aromatic heterocycles. The molecule has 0 spiro atoms. The van der Waals surface area contributed by atoms with Crippen LogP contribution < -0.4 is 21.9 Å². The van der Waals surface area contributed by atoms with E-state index in [0.717, 1.165) is 5.56 Å². The summed E-state index contributed by atoms with van der Waals surface area (Å²) >= 11 is 6.00. The van der Waals surface area contributed by atoms with Crippen LogP contribution >= 0.6 is 11.6 Å². The maximum Gasteiger partial charge on any atom is 0.223 e. The van der Waals surface area contributed by atoms with Crippen LogP contribution in [-0.4, -0.2) is 41.4 Å². The van der Waals surface area contributed by atoms with Crippen molar-refractivity contribution in [2.75, 3.05) is 0 Å². The molecule has 0 amide bonds. The van der Waals surface area contributed by atoms with Crippen LogP contribution in [0.2, 0.25) is 5.28 Å². The molecule has 0 aliphatic carbocycles. The topological polar surface area (TPSA) is 25.8 Å². The summed E-state index contributed by atoms with van der Waals surface area (Å²) in [5, 5.41) is 0.617. The number of hydrogen-bond donors (Lipinski definition) is 0. The Morgan fingerprint density at radius 1 is 0.762 bits per heavy atom. The fraction of sp³-hybridized carbons (Fsp3) is 0. The molecule has 0 aliphatic rings. The second-order valence-electron chi connectivity index (χ2n) is 4.59. The maximum atomic E-state index is 6.09. The second kappa shape index (κ2) is 5.27. The number of aromatic nitrogens is 2. The van der Waals surface area contributed by atoms with E-state index in [2.05, 4.69) is 9.97 Å². The Bertz CT molecular complexity index is 853. The van der Waals surface area contributed by atoms with Gasteiger partial charge in [0.25, 0.3) is 0 Å². The lowest BCUT2D eigenvalue weighted by molar-refractivity contribution is 1.23. The molecule has 2 aromatic carbocycles. The smallest absolute Gasteiger partial charge is 0.219 e. The standard InChI is InChI=1S/C14H5B4ClN2/c15-8-7-12(6-4-2-1-3-5-6)20-14(19)21-13(7)11(18)10(17)9(8)16/h1-5H. The average molecular weight is 280 g/mol. The Labute approximate surface area is 133 Å². The summed E-state index contributed by atoms with van der Waals surface area (Å²) in [5.41, 5.74) is 2.78. The minimum atomic E-state index is 0.0663. The van der Waals surface area contributed by atoms with E-state index in [4.69, 9.17) is 43.0 Å². The molecule has 2 nitrogen and oxygen atoms in total. The second-order valence-corrected chi connectivity index (χ2v) is 4.92. The molecule has 1 heterocycles. The Hall–Kier alpha value is -1.67. The molecule has 21 heavy (non-hydrogen) atoms. The summed E-state index contributed by atoms with van der Waals surface area (Å²) in [6.45, 7) is 0. The molecule has 0 aliphatic heterocycles. The van der Waals surface area contributed by atoms with Gasteiger partial charge in [-0.1, -0.05) is 41.3 Å². The van der Waals surface area contributed by atoms with Crippen molar-refractivity contribution in [1.29, 1.82) is 0 Å². The van der Waals surface area contributed by atoms with Gasteiger partial charge in [0, 0.05) is 10.9 Å². The van der Waals surface area contributed by atoms with E-state index in [1.807, 2.05) is 30.3 Å². The van der Waals surface area contributed by atoms with Crippen LogP contribution in [0.1, 0.15) is 0 Å². The summed E-state index contributed by atoms with van der Waals surface area (Å²) < 4.78 is 0. The third-order valence-corrected chi connectivity index (χ3v) is 3.49. The van der Waals surface area contributed by atoms with Crippen LogP contribution in [0, 0.1) is 0 Å². The third kappa shape index (κ3) is 2.28. The fourth-order valence-electron chi connectivity index (χ4n) is 2.24. The monoisotopic (exact) mass is 280 g/mol. The van der Waals surface area contributed by atoms with E-state index in [1.165, 1.54) is 0 Å². The van der Waals surface area contributed by atoms with Crippen molar-refractivity contribution in [3.63, 3.8) is 0 Å². The first-order chi connectivity index (χ1) is 10.0. The Morgan fingerprint density at radius 3 is 2.05 bits per heavy atom. The molecule has 3 rings (SSSR count). The Balaban J connectivity index is 2.52. The maximum absolute atomic E-state index is 6.09. The zero-order valence-electron chi connectivity index (χ0n) is 11.0. The van der Waals surface area contributed by atoms with Gasteiger partial charge in [-0.3, -0.25) is 0 Å². The lowest BCUT2D eigenvalue weighted by Gasteiger charge is -2.17. The number of nitrogens with zero attached hydrogens (tertiary/aromatic N) is 2. The number of halogens is 1. The van der Waals surface area contributed by atoms with Crippen LogP contribution in [0.25, 0.3) is 22.2 Å². The number of fused-ring (bicyclic) bond motifs is 1. The largest absolute Gasteiger partial charge is 0.223 e. The average Bonchev–Trinajstić information content (AvgIpc) is 2.51. The van der Waals surface area contributed by atoms with Crippen molar-refractivity contribution < 1.29 is 0 Å². The van der Waals surface area contributed by atoms with Crippen LogP contribution in [-0.2, 0) is 0 Å². The van der Waals surface area contributed by atoms with Crippen molar-refractivity contribution in [2.45, 2.75) is 0 Å². The highest BCUT2D eigenvalue weighted by Crippen LogP contribution is 2.24. The number of hydrogen-bond acceptors (Lipinski definition) is 2. The van der Waals surface area contributed by atoms with Gasteiger partial charge in [-0.2, -0.15) is 0 Å². The summed E-state index contributed by atoms with van der Waals surface area (Å²) in [6, 6.07) is 9.45. The quantitative estimate of drug-likeness (QED) is 0.427. The lowest BCUT2D eigenvalue weighted by Crippen LogP contribution is -2.48. The first-order valence-corrected chi connectivity index (χ1v) is 6.53. The summed E-state index contributed by atoms with van der Waals surface area (Å²) in [7, 11) is 23.9. The van der Waals surface area contributed by atoms with Crippen LogP contribution in [0.4, 0.5) is 0 Å². The molecule has 0 saturated heterocycles. The van der Waals surface area contributed by atoms with E-state index in [1.54, 1.807) is 0 Å². The highest BCUT2D eigenvalue weighted by atomic mass is 35.5.